The van der Waals surface area contributed by atoms with Crippen molar-refractivity contribution in [2.75, 3.05) is 12.4 Å². The number of anilines is 1. The van der Waals surface area contributed by atoms with Gasteiger partial charge in [-0.15, -0.1) is 0 Å². The Morgan fingerprint density at radius 1 is 1.41 bits per heavy atom. The number of carbonyl (C=O) groups excluding carboxylic acids is 1. The average molecular weight is 232 g/mol. The second-order valence-corrected chi connectivity index (χ2v) is 3.34. The van der Waals surface area contributed by atoms with E-state index in [0.717, 1.165) is 0 Å². The molecule has 2 heterocycles. The van der Waals surface area contributed by atoms with Crippen molar-refractivity contribution in [2.45, 2.75) is 6.54 Å². The Bertz CT molecular complexity index is 496. The topological polar surface area (TPSA) is 80.0 Å². The minimum atomic E-state index is -0.180. The van der Waals surface area contributed by atoms with Gasteiger partial charge in [0.25, 0.3) is 5.91 Å². The van der Waals surface area contributed by atoms with Crippen molar-refractivity contribution in [3.05, 3.63) is 41.9 Å². The zero-order valence-electron chi connectivity index (χ0n) is 9.30. The first-order valence-corrected chi connectivity index (χ1v) is 5.11. The zero-order valence-corrected chi connectivity index (χ0v) is 9.30. The highest BCUT2D eigenvalue weighted by atomic mass is 16.5. The molecule has 0 fully saturated rings. The van der Waals surface area contributed by atoms with Crippen LogP contribution < -0.4 is 10.6 Å². The third kappa shape index (κ3) is 2.81. The van der Waals surface area contributed by atoms with Crippen molar-refractivity contribution >= 4 is 11.7 Å². The Kier molecular flexibility index (Phi) is 3.34. The number of pyridine rings is 1. The molecule has 17 heavy (non-hydrogen) atoms. The second-order valence-electron chi connectivity index (χ2n) is 3.34. The maximum absolute atomic E-state index is 11.8. The van der Waals surface area contributed by atoms with Crippen LogP contribution in [0.1, 0.15) is 16.1 Å². The van der Waals surface area contributed by atoms with Gasteiger partial charge in [0, 0.05) is 24.9 Å². The predicted octanol–water partition coefficient (Wildman–Crippen LogP) is 1.04. The summed E-state index contributed by atoms with van der Waals surface area (Å²) in [6.07, 6.45) is 3.11. The van der Waals surface area contributed by atoms with Crippen LogP contribution in [0, 0.1) is 0 Å². The van der Waals surface area contributed by atoms with Crippen LogP contribution in [0.25, 0.3) is 0 Å². The summed E-state index contributed by atoms with van der Waals surface area (Å²) in [4.78, 5) is 15.8. The van der Waals surface area contributed by atoms with Crippen molar-refractivity contribution in [3.63, 3.8) is 0 Å². The number of aromatic nitrogens is 2. The van der Waals surface area contributed by atoms with Gasteiger partial charge in [0.2, 0.25) is 0 Å². The lowest BCUT2D eigenvalue weighted by atomic mass is 10.2. The van der Waals surface area contributed by atoms with E-state index in [4.69, 9.17) is 4.52 Å². The molecule has 0 aliphatic rings. The van der Waals surface area contributed by atoms with Gasteiger partial charge < -0.3 is 15.2 Å². The molecule has 6 nitrogen and oxygen atoms in total. The molecule has 0 saturated heterocycles. The Morgan fingerprint density at radius 2 is 2.29 bits per heavy atom. The van der Waals surface area contributed by atoms with Gasteiger partial charge in [-0.2, -0.15) is 0 Å². The molecule has 0 radical (unpaired) electrons. The molecule has 88 valence electrons. The Hall–Kier alpha value is -2.37. The number of hydrogen-bond donors (Lipinski definition) is 2. The molecule has 0 atom stereocenters. The summed E-state index contributed by atoms with van der Waals surface area (Å²) in [5.74, 6) is 1.08. The van der Waals surface area contributed by atoms with Gasteiger partial charge in [-0.05, 0) is 12.1 Å². The fraction of sp³-hybridized carbons (Fsp3) is 0.182. The van der Waals surface area contributed by atoms with E-state index in [1.807, 2.05) is 0 Å². The van der Waals surface area contributed by atoms with Crippen molar-refractivity contribution in [1.29, 1.82) is 0 Å². The van der Waals surface area contributed by atoms with Crippen molar-refractivity contribution in [2.24, 2.45) is 0 Å². The van der Waals surface area contributed by atoms with E-state index in [1.54, 1.807) is 31.4 Å². The summed E-state index contributed by atoms with van der Waals surface area (Å²) < 4.78 is 4.88. The molecule has 1 amide bonds. The minimum Gasteiger partial charge on any atom is -0.373 e. The summed E-state index contributed by atoms with van der Waals surface area (Å²) in [6.45, 7) is 0.316. The molecule has 0 aromatic carbocycles. The molecule has 6 heteroatoms. The molecule has 0 unspecified atom stereocenters. The number of amides is 1. The summed E-state index contributed by atoms with van der Waals surface area (Å²) in [6, 6.07) is 5.03. The van der Waals surface area contributed by atoms with Crippen LogP contribution in [0.2, 0.25) is 0 Å². The highest BCUT2D eigenvalue weighted by molar-refractivity contribution is 5.94. The Labute approximate surface area is 98.0 Å². The fourth-order valence-electron chi connectivity index (χ4n) is 1.31. The van der Waals surface area contributed by atoms with Crippen LogP contribution in [-0.2, 0) is 6.54 Å². The van der Waals surface area contributed by atoms with Gasteiger partial charge in [-0.3, -0.25) is 4.79 Å². The van der Waals surface area contributed by atoms with Crippen LogP contribution in [0.15, 0.2) is 35.1 Å². The van der Waals surface area contributed by atoms with Crippen molar-refractivity contribution in [3.8, 4) is 0 Å². The molecular formula is C11H12N4O2. The molecule has 0 aliphatic carbocycles. The first kappa shape index (κ1) is 11.1. The highest BCUT2D eigenvalue weighted by Crippen LogP contribution is 2.06. The number of carbonyl (C=O) groups is 1. The first-order chi connectivity index (χ1) is 8.29. The normalized spacial score (nSPS) is 9.94. The molecule has 2 aromatic rings. The largest absolute Gasteiger partial charge is 0.373 e. The van der Waals surface area contributed by atoms with Crippen LogP contribution in [-0.4, -0.2) is 23.1 Å². The summed E-state index contributed by atoms with van der Waals surface area (Å²) in [5, 5.41) is 9.15. The average Bonchev–Trinajstić information content (AvgIpc) is 2.89. The maximum Gasteiger partial charge on any atom is 0.251 e. The van der Waals surface area contributed by atoms with Gasteiger partial charge in [0.15, 0.2) is 5.76 Å². The lowest BCUT2D eigenvalue weighted by Gasteiger charge is -2.04. The van der Waals surface area contributed by atoms with Crippen LogP contribution in [0.5, 0.6) is 0 Å². The van der Waals surface area contributed by atoms with Gasteiger partial charge in [-0.1, -0.05) is 5.16 Å². The van der Waals surface area contributed by atoms with E-state index in [1.165, 1.54) is 6.20 Å². The van der Waals surface area contributed by atoms with Crippen LogP contribution in [0.4, 0.5) is 5.82 Å². The molecule has 2 aromatic heterocycles. The third-order valence-electron chi connectivity index (χ3n) is 2.19. The van der Waals surface area contributed by atoms with E-state index in [-0.39, 0.29) is 5.91 Å². The van der Waals surface area contributed by atoms with E-state index >= 15 is 0 Å². The molecule has 0 bridgehead atoms. The molecule has 2 N–H and O–H groups in total. The molecule has 0 saturated carbocycles. The second kappa shape index (κ2) is 5.11. The van der Waals surface area contributed by atoms with E-state index in [9.17, 15) is 4.79 Å². The summed E-state index contributed by atoms with van der Waals surface area (Å²) in [7, 11) is 1.75. The van der Waals surface area contributed by atoms with Gasteiger partial charge >= 0.3 is 0 Å². The number of nitrogens with one attached hydrogen (secondary N) is 2. The minimum absolute atomic E-state index is 0.180. The molecule has 0 aliphatic heterocycles. The monoisotopic (exact) mass is 232 g/mol. The van der Waals surface area contributed by atoms with E-state index < -0.39 is 0 Å². The Morgan fingerprint density at radius 3 is 3.00 bits per heavy atom. The fourth-order valence-corrected chi connectivity index (χ4v) is 1.31. The SMILES string of the molecule is CNc1cc(C(=O)NCc2ccno2)ccn1. The first-order valence-electron chi connectivity index (χ1n) is 5.11. The number of nitrogens with zero attached hydrogens (tertiary/aromatic N) is 2. The van der Waals surface area contributed by atoms with Crippen LogP contribution >= 0.6 is 0 Å². The molecule has 2 rings (SSSR count). The number of hydrogen-bond acceptors (Lipinski definition) is 5. The predicted molar refractivity (Wildman–Crippen MR) is 61.5 cm³/mol. The van der Waals surface area contributed by atoms with Crippen molar-refractivity contribution in [1.82, 2.24) is 15.5 Å². The van der Waals surface area contributed by atoms with E-state index in [0.29, 0.717) is 23.7 Å². The lowest BCUT2D eigenvalue weighted by molar-refractivity contribution is 0.0947. The molecular weight excluding hydrogens is 220 g/mol. The third-order valence-corrected chi connectivity index (χ3v) is 2.19. The number of rotatable bonds is 4. The van der Waals surface area contributed by atoms with E-state index in [2.05, 4.69) is 20.8 Å². The summed E-state index contributed by atoms with van der Waals surface area (Å²) in [5.41, 5.74) is 0.545. The zero-order chi connectivity index (χ0) is 12.1. The van der Waals surface area contributed by atoms with Gasteiger partial charge in [0.1, 0.15) is 5.82 Å². The smallest absolute Gasteiger partial charge is 0.251 e. The molecule has 0 spiro atoms. The highest BCUT2D eigenvalue weighted by Gasteiger charge is 2.07. The van der Waals surface area contributed by atoms with Crippen LogP contribution in [0.3, 0.4) is 0 Å². The maximum atomic E-state index is 11.8. The Balaban J connectivity index is 1.99. The quantitative estimate of drug-likeness (QED) is 0.823. The van der Waals surface area contributed by atoms with Gasteiger partial charge in [-0.25, -0.2) is 4.98 Å². The van der Waals surface area contributed by atoms with Gasteiger partial charge in [0.05, 0.1) is 12.7 Å². The lowest BCUT2D eigenvalue weighted by Crippen LogP contribution is -2.22. The van der Waals surface area contributed by atoms with Crippen molar-refractivity contribution < 1.29 is 9.32 Å². The standard InChI is InChI=1S/C11H12N4O2/c1-12-10-6-8(2-4-13-10)11(16)14-7-9-3-5-15-17-9/h2-6H,7H2,1H3,(H,12,13)(H,14,16). The summed E-state index contributed by atoms with van der Waals surface area (Å²) >= 11 is 0.